The van der Waals surface area contributed by atoms with E-state index in [4.69, 9.17) is 16.3 Å². The summed E-state index contributed by atoms with van der Waals surface area (Å²) >= 11 is 7.35. The number of anilines is 1. The second kappa shape index (κ2) is 12.4. The van der Waals surface area contributed by atoms with E-state index >= 15 is 0 Å². The molecule has 2 aliphatic rings. The maximum Gasteiger partial charge on any atom is 0.243 e. The van der Waals surface area contributed by atoms with Crippen LogP contribution < -0.4 is 5.32 Å². The Morgan fingerprint density at radius 2 is 1.87 bits per heavy atom. The molecule has 2 fully saturated rings. The molecule has 0 radical (unpaired) electrons. The summed E-state index contributed by atoms with van der Waals surface area (Å²) in [5.74, 6) is 0.527. The lowest BCUT2D eigenvalue weighted by molar-refractivity contribution is -0.113. The number of aromatic nitrogens is 3. The fraction of sp³-hybridized carbons (Fsp3) is 0.444. The number of sulfonamides is 1. The summed E-state index contributed by atoms with van der Waals surface area (Å²) in [6, 6.07) is 12.3. The second-order valence-electron chi connectivity index (χ2n) is 9.84. The standard InChI is InChI=1S/C27H32ClN5O4S2/c1-19-7-12-23(39(35,36)32-13-3-2-4-14-32)16-24(19)29-25(34)18-38-27-31-30-26(20-8-10-21(28)11-9-20)33(27)17-22-6-5-15-37-22/h7-12,16,22H,2-6,13-15,17-18H2,1H3,(H,29,34)/t22-/m1/s1. The average Bonchev–Trinajstić information content (AvgIpc) is 3.60. The lowest BCUT2D eigenvalue weighted by atomic mass is 10.2. The Labute approximate surface area is 238 Å². The van der Waals surface area contributed by atoms with Crippen LogP contribution in [0.4, 0.5) is 5.69 Å². The molecule has 0 bridgehead atoms. The number of nitrogens with zero attached hydrogens (tertiary/aromatic N) is 4. The summed E-state index contributed by atoms with van der Waals surface area (Å²) in [5.41, 5.74) is 2.16. The van der Waals surface area contributed by atoms with E-state index in [1.54, 1.807) is 18.2 Å². The predicted molar refractivity (Wildman–Crippen MR) is 153 cm³/mol. The maximum absolute atomic E-state index is 13.1. The van der Waals surface area contributed by atoms with Gasteiger partial charge in [0.2, 0.25) is 15.9 Å². The molecule has 1 amide bonds. The van der Waals surface area contributed by atoms with E-state index in [-0.39, 0.29) is 22.7 Å². The number of halogens is 1. The number of aryl methyl sites for hydroxylation is 1. The first-order chi connectivity index (χ1) is 18.8. The van der Waals surface area contributed by atoms with E-state index in [0.717, 1.165) is 49.8 Å². The fourth-order valence-corrected chi connectivity index (χ4v) is 7.25. The van der Waals surface area contributed by atoms with Gasteiger partial charge in [-0.05, 0) is 74.6 Å². The van der Waals surface area contributed by atoms with Gasteiger partial charge in [0.25, 0.3) is 0 Å². The third-order valence-electron chi connectivity index (χ3n) is 7.00. The Balaban J connectivity index is 1.30. The molecule has 2 aliphatic heterocycles. The van der Waals surface area contributed by atoms with Gasteiger partial charge in [0.05, 0.1) is 23.3 Å². The highest BCUT2D eigenvalue weighted by molar-refractivity contribution is 7.99. The van der Waals surface area contributed by atoms with Gasteiger partial charge in [-0.3, -0.25) is 9.36 Å². The van der Waals surface area contributed by atoms with Crippen LogP contribution in [-0.4, -0.2) is 64.9 Å². The molecule has 1 aromatic heterocycles. The largest absolute Gasteiger partial charge is 0.376 e. The molecule has 5 rings (SSSR count). The smallest absolute Gasteiger partial charge is 0.243 e. The zero-order chi connectivity index (χ0) is 27.4. The molecule has 1 atom stereocenters. The van der Waals surface area contributed by atoms with Gasteiger partial charge in [0.15, 0.2) is 11.0 Å². The molecule has 1 N–H and O–H groups in total. The van der Waals surface area contributed by atoms with E-state index < -0.39 is 10.0 Å². The van der Waals surface area contributed by atoms with Crippen LogP contribution in [0.15, 0.2) is 52.5 Å². The normalized spacial score (nSPS) is 18.4. The molecule has 9 nitrogen and oxygen atoms in total. The number of carbonyl (C=O) groups excluding carboxylic acids is 1. The lowest BCUT2D eigenvalue weighted by Crippen LogP contribution is -2.35. The van der Waals surface area contributed by atoms with Gasteiger partial charge in [0.1, 0.15) is 0 Å². The summed E-state index contributed by atoms with van der Waals surface area (Å²) in [5, 5.41) is 12.9. The molecule has 2 saturated heterocycles. The Hall–Kier alpha value is -2.44. The van der Waals surface area contributed by atoms with Crippen LogP contribution >= 0.6 is 23.4 Å². The summed E-state index contributed by atoms with van der Waals surface area (Å²) in [4.78, 5) is 13.2. The van der Waals surface area contributed by atoms with Crippen molar-refractivity contribution >= 4 is 45.0 Å². The molecule has 0 unspecified atom stereocenters. The van der Waals surface area contributed by atoms with Gasteiger partial charge in [-0.15, -0.1) is 10.2 Å². The Kier molecular flexibility index (Phi) is 8.92. The SMILES string of the molecule is Cc1ccc(S(=O)(=O)N2CCCCC2)cc1NC(=O)CSc1nnc(-c2ccc(Cl)cc2)n1C[C@H]1CCCO1. The van der Waals surface area contributed by atoms with Gasteiger partial charge in [-0.2, -0.15) is 4.31 Å². The van der Waals surface area contributed by atoms with E-state index in [1.807, 2.05) is 35.8 Å². The van der Waals surface area contributed by atoms with Gasteiger partial charge < -0.3 is 10.1 Å². The number of hydrogen-bond acceptors (Lipinski definition) is 7. The molecule has 208 valence electrons. The molecule has 3 heterocycles. The molecule has 39 heavy (non-hydrogen) atoms. The number of hydrogen-bond donors (Lipinski definition) is 1. The quantitative estimate of drug-likeness (QED) is 0.350. The van der Waals surface area contributed by atoms with Crippen LogP contribution in [0.5, 0.6) is 0 Å². The highest BCUT2D eigenvalue weighted by Crippen LogP contribution is 2.29. The van der Waals surface area contributed by atoms with Crippen LogP contribution in [0.25, 0.3) is 11.4 Å². The second-order valence-corrected chi connectivity index (χ2v) is 13.2. The molecule has 12 heteroatoms. The van der Waals surface area contributed by atoms with Crippen molar-refractivity contribution in [3.8, 4) is 11.4 Å². The molecule has 0 spiro atoms. The van der Waals surface area contributed by atoms with Crippen molar-refractivity contribution in [3.63, 3.8) is 0 Å². The first-order valence-electron chi connectivity index (χ1n) is 13.2. The lowest BCUT2D eigenvalue weighted by Gasteiger charge is -2.26. The van der Waals surface area contributed by atoms with Crippen molar-refractivity contribution in [3.05, 3.63) is 53.1 Å². The fourth-order valence-electron chi connectivity index (χ4n) is 4.83. The number of rotatable bonds is 9. The minimum Gasteiger partial charge on any atom is -0.376 e. The summed E-state index contributed by atoms with van der Waals surface area (Å²) in [7, 11) is -3.60. The highest BCUT2D eigenvalue weighted by atomic mass is 35.5. The number of ether oxygens (including phenoxy) is 1. The molecular formula is C27H32ClN5O4S2. The highest BCUT2D eigenvalue weighted by Gasteiger charge is 2.27. The summed E-state index contributed by atoms with van der Waals surface area (Å²) in [6.45, 7) is 4.22. The number of benzene rings is 2. The van der Waals surface area contributed by atoms with Crippen molar-refractivity contribution in [2.24, 2.45) is 0 Å². The van der Waals surface area contributed by atoms with Gasteiger partial charge in [-0.25, -0.2) is 8.42 Å². The van der Waals surface area contributed by atoms with Crippen LogP contribution in [0, 0.1) is 6.92 Å². The maximum atomic E-state index is 13.1. The number of amides is 1. The van der Waals surface area contributed by atoms with E-state index in [0.29, 0.717) is 41.3 Å². The minimum atomic E-state index is -3.60. The van der Waals surface area contributed by atoms with Crippen LogP contribution in [-0.2, 0) is 26.1 Å². The molecule has 0 aliphatic carbocycles. The molecule has 2 aromatic carbocycles. The van der Waals surface area contributed by atoms with E-state index in [9.17, 15) is 13.2 Å². The molecule has 0 saturated carbocycles. The van der Waals surface area contributed by atoms with Crippen LogP contribution in [0.1, 0.15) is 37.7 Å². The third kappa shape index (κ3) is 6.66. The first-order valence-corrected chi connectivity index (χ1v) is 16.0. The Morgan fingerprint density at radius 1 is 1.10 bits per heavy atom. The topological polar surface area (TPSA) is 106 Å². The molecular weight excluding hydrogens is 558 g/mol. The zero-order valence-electron chi connectivity index (χ0n) is 21.8. The van der Waals surface area contributed by atoms with Crippen molar-refractivity contribution in [2.45, 2.75) is 61.7 Å². The zero-order valence-corrected chi connectivity index (χ0v) is 24.2. The summed E-state index contributed by atoms with van der Waals surface area (Å²) in [6.07, 6.45) is 4.80. The van der Waals surface area contributed by atoms with Crippen LogP contribution in [0.3, 0.4) is 0 Å². The number of carbonyl (C=O) groups is 1. The number of nitrogens with one attached hydrogen (secondary N) is 1. The van der Waals surface area contributed by atoms with Gasteiger partial charge >= 0.3 is 0 Å². The van der Waals surface area contributed by atoms with Gasteiger partial charge in [0, 0.05) is 36.0 Å². The first kappa shape index (κ1) is 28.1. The number of piperidine rings is 1. The van der Waals surface area contributed by atoms with Crippen molar-refractivity contribution in [1.82, 2.24) is 19.1 Å². The van der Waals surface area contributed by atoms with Crippen molar-refractivity contribution < 1.29 is 17.9 Å². The van der Waals surface area contributed by atoms with Crippen molar-refractivity contribution in [2.75, 3.05) is 30.8 Å². The van der Waals surface area contributed by atoms with Crippen molar-refractivity contribution in [1.29, 1.82) is 0 Å². The monoisotopic (exact) mass is 589 g/mol. The Bertz CT molecular complexity index is 1420. The minimum absolute atomic E-state index is 0.0625. The number of thioether (sulfide) groups is 1. The van der Waals surface area contributed by atoms with Gasteiger partial charge in [-0.1, -0.05) is 35.9 Å². The molecule has 3 aromatic rings. The Morgan fingerprint density at radius 3 is 2.59 bits per heavy atom. The van der Waals surface area contributed by atoms with E-state index in [2.05, 4.69) is 15.5 Å². The third-order valence-corrected chi connectivity index (χ3v) is 10.1. The van der Waals surface area contributed by atoms with E-state index in [1.165, 1.54) is 16.1 Å². The summed E-state index contributed by atoms with van der Waals surface area (Å²) < 4.78 is 35.7. The average molecular weight is 590 g/mol. The predicted octanol–water partition coefficient (Wildman–Crippen LogP) is 4.99. The van der Waals surface area contributed by atoms with Crippen LogP contribution in [0.2, 0.25) is 5.02 Å².